The van der Waals surface area contributed by atoms with Crippen molar-refractivity contribution in [3.63, 3.8) is 0 Å². The fourth-order valence-electron chi connectivity index (χ4n) is 3.14. The molecule has 0 saturated carbocycles. The van der Waals surface area contributed by atoms with Crippen LogP contribution in [0.25, 0.3) is 21.5 Å². The molecule has 0 amide bonds. The molecular formula is C20H17ClO4. The summed E-state index contributed by atoms with van der Waals surface area (Å²) in [6.07, 6.45) is -0.215. The Morgan fingerprint density at radius 1 is 0.760 bits per heavy atom. The minimum Gasteiger partial charge on any atom is -0.461 e. The van der Waals surface area contributed by atoms with Gasteiger partial charge in [-0.25, -0.2) is 0 Å². The van der Waals surface area contributed by atoms with Gasteiger partial charge in [0.05, 0.1) is 0 Å². The minimum absolute atomic E-state index is 0.102. The number of halogens is 1. The lowest BCUT2D eigenvalue weighted by molar-refractivity contribution is 0.179. The second-order valence-corrected chi connectivity index (χ2v) is 6.99. The lowest BCUT2D eigenvalue weighted by Crippen LogP contribution is -2.05. The topological polar surface area (TPSA) is 43.5 Å². The van der Waals surface area contributed by atoms with E-state index >= 15 is 0 Å². The van der Waals surface area contributed by atoms with Crippen LogP contribution in [0.3, 0.4) is 0 Å². The van der Waals surface area contributed by atoms with Gasteiger partial charge in [0.2, 0.25) is 12.6 Å². The number of ether oxygens (including phenoxy) is 4. The second kappa shape index (κ2) is 5.49. The Labute approximate surface area is 150 Å². The van der Waals surface area contributed by atoms with Crippen molar-refractivity contribution < 1.29 is 18.9 Å². The van der Waals surface area contributed by atoms with Crippen LogP contribution in [0, 0.1) is 0 Å². The molecule has 0 spiro atoms. The largest absolute Gasteiger partial charge is 0.461 e. The molecule has 2 aliphatic rings. The number of epoxide rings is 2. The van der Waals surface area contributed by atoms with Crippen molar-refractivity contribution >= 4 is 33.1 Å². The van der Waals surface area contributed by atoms with Crippen molar-refractivity contribution in [3.8, 4) is 11.5 Å². The summed E-state index contributed by atoms with van der Waals surface area (Å²) in [4.78, 5) is 0. The highest BCUT2D eigenvalue weighted by atomic mass is 35.5. The summed E-state index contributed by atoms with van der Waals surface area (Å²) in [7, 11) is 0. The maximum absolute atomic E-state index is 6.26. The van der Waals surface area contributed by atoms with E-state index in [0.717, 1.165) is 33.0 Å². The summed E-state index contributed by atoms with van der Waals surface area (Å²) < 4.78 is 23.2. The Hall–Kier alpha value is -2.01. The van der Waals surface area contributed by atoms with E-state index in [-0.39, 0.29) is 24.8 Å². The molecule has 4 nitrogen and oxygen atoms in total. The summed E-state index contributed by atoms with van der Waals surface area (Å²) in [6.45, 7) is 3.99. The van der Waals surface area contributed by atoms with E-state index in [1.165, 1.54) is 0 Å². The van der Waals surface area contributed by atoms with E-state index in [4.69, 9.17) is 30.5 Å². The van der Waals surface area contributed by atoms with Crippen molar-refractivity contribution in [2.75, 3.05) is 0 Å². The minimum atomic E-state index is -0.218. The van der Waals surface area contributed by atoms with Crippen LogP contribution in [0.1, 0.15) is 13.8 Å². The van der Waals surface area contributed by atoms with Gasteiger partial charge in [-0.2, -0.15) is 0 Å². The Kier molecular flexibility index (Phi) is 3.35. The van der Waals surface area contributed by atoms with Crippen LogP contribution in [0.5, 0.6) is 11.5 Å². The highest BCUT2D eigenvalue weighted by Crippen LogP contribution is 2.46. The molecular weight excluding hydrogens is 340 g/mol. The monoisotopic (exact) mass is 356 g/mol. The standard InChI is InChI=1S/C20H17ClO4/c1-10-19(22-10)24-17-13-5-3-4-6-14(13)18(25-20-11(2)23-20)16-9-12(21)7-8-15(16)17/h3-11,19-20H,1-2H3. The normalized spacial score (nSPS) is 27.5. The average Bonchev–Trinajstić information content (AvgIpc) is 3.50. The zero-order valence-electron chi connectivity index (χ0n) is 13.9. The average molecular weight is 357 g/mol. The summed E-state index contributed by atoms with van der Waals surface area (Å²) in [5.74, 6) is 1.58. The van der Waals surface area contributed by atoms with Gasteiger partial charge in [-0.05, 0) is 32.0 Å². The first kappa shape index (κ1) is 15.3. The van der Waals surface area contributed by atoms with E-state index in [0.29, 0.717) is 5.02 Å². The van der Waals surface area contributed by atoms with Crippen LogP contribution in [-0.2, 0) is 9.47 Å². The van der Waals surface area contributed by atoms with Crippen molar-refractivity contribution in [1.82, 2.24) is 0 Å². The summed E-state index contributed by atoms with van der Waals surface area (Å²) >= 11 is 6.26. The van der Waals surface area contributed by atoms with Gasteiger partial charge >= 0.3 is 0 Å². The molecule has 2 aliphatic heterocycles. The molecule has 128 valence electrons. The van der Waals surface area contributed by atoms with Gasteiger partial charge in [0, 0.05) is 26.6 Å². The van der Waals surface area contributed by atoms with Gasteiger partial charge in [0.15, 0.2) is 0 Å². The van der Waals surface area contributed by atoms with Gasteiger partial charge in [0.1, 0.15) is 23.7 Å². The van der Waals surface area contributed by atoms with Crippen LogP contribution in [0.15, 0.2) is 42.5 Å². The maximum Gasteiger partial charge on any atom is 0.226 e. The van der Waals surface area contributed by atoms with Crippen LogP contribution < -0.4 is 9.47 Å². The van der Waals surface area contributed by atoms with Gasteiger partial charge in [-0.15, -0.1) is 0 Å². The van der Waals surface area contributed by atoms with Crippen LogP contribution in [-0.4, -0.2) is 24.8 Å². The molecule has 5 heteroatoms. The first-order chi connectivity index (χ1) is 12.1. The molecule has 4 unspecified atom stereocenters. The predicted octanol–water partition coefficient (Wildman–Crippen LogP) is 4.89. The molecule has 0 aromatic heterocycles. The molecule has 0 N–H and O–H groups in total. The lowest BCUT2D eigenvalue weighted by Gasteiger charge is -2.16. The van der Waals surface area contributed by atoms with Gasteiger partial charge in [-0.1, -0.05) is 35.9 Å². The molecule has 0 aliphatic carbocycles. The Morgan fingerprint density at radius 3 is 1.76 bits per heavy atom. The highest BCUT2D eigenvalue weighted by Gasteiger charge is 2.39. The lowest BCUT2D eigenvalue weighted by atomic mass is 10.0. The van der Waals surface area contributed by atoms with Crippen LogP contribution >= 0.6 is 11.6 Å². The Morgan fingerprint density at radius 2 is 1.24 bits per heavy atom. The van der Waals surface area contributed by atoms with Crippen LogP contribution in [0.4, 0.5) is 0 Å². The zero-order chi connectivity index (χ0) is 17.1. The van der Waals surface area contributed by atoms with Crippen molar-refractivity contribution in [1.29, 1.82) is 0 Å². The molecule has 3 aromatic carbocycles. The molecule has 0 bridgehead atoms. The number of hydrogen-bond donors (Lipinski definition) is 0. The van der Waals surface area contributed by atoms with E-state index < -0.39 is 0 Å². The van der Waals surface area contributed by atoms with Gasteiger partial charge in [-0.3, -0.25) is 0 Å². The second-order valence-electron chi connectivity index (χ2n) is 6.55. The smallest absolute Gasteiger partial charge is 0.226 e. The van der Waals surface area contributed by atoms with Crippen molar-refractivity contribution in [3.05, 3.63) is 47.5 Å². The van der Waals surface area contributed by atoms with E-state index in [1.807, 2.05) is 56.3 Å². The molecule has 5 rings (SSSR count). The van der Waals surface area contributed by atoms with E-state index in [2.05, 4.69) is 0 Å². The Bertz CT molecular complexity index is 986. The van der Waals surface area contributed by atoms with Crippen molar-refractivity contribution in [2.45, 2.75) is 38.6 Å². The maximum atomic E-state index is 6.26. The highest BCUT2D eigenvalue weighted by molar-refractivity contribution is 6.31. The fraction of sp³-hybridized carbons (Fsp3) is 0.300. The first-order valence-electron chi connectivity index (χ1n) is 8.40. The molecule has 25 heavy (non-hydrogen) atoms. The van der Waals surface area contributed by atoms with Gasteiger partial charge in [0.25, 0.3) is 0 Å². The first-order valence-corrected chi connectivity index (χ1v) is 8.78. The molecule has 2 heterocycles. The van der Waals surface area contributed by atoms with E-state index in [1.54, 1.807) is 0 Å². The zero-order valence-corrected chi connectivity index (χ0v) is 14.6. The summed E-state index contributed by atoms with van der Waals surface area (Å²) in [5, 5.41) is 4.48. The summed E-state index contributed by atoms with van der Waals surface area (Å²) in [6, 6.07) is 13.8. The molecule has 4 atom stereocenters. The van der Waals surface area contributed by atoms with Crippen molar-refractivity contribution in [2.24, 2.45) is 0 Å². The number of rotatable bonds is 4. The molecule has 2 fully saturated rings. The third-order valence-corrected chi connectivity index (χ3v) is 4.90. The number of fused-ring (bicyclic) bond motifs is 2. The number of benzene rings is 3. The predicted molar refractivity (Wildman–Crippen MR) is 96.4 cm³/mol. The fourth-order valence-corrected chi connectivity index (χ4v) is 3.31. The van der Waals surface area contributed by atoms with Crippen LogP contribution in [0.2, 0.25) is 5.02 Å². The quantitative estimate of drug-likeness (QED) is 0.493. The number of hydrogen-bond acceptors (Lipinski definition) is 4. The van der Waals surface area contributed by atoms with E-state index in [9.17, 15) is 0 Å². The third kappa shape index (κ3) is 2.61. The third-order valence-electron chi connectivity index (χ3n) is 4.67. The molecule has 3 aromatic rings. The van der Waals surface area contributed by atoms with Gasteiger partial charge < -0.3 is 18.9 Å². The molecule has 0 radical (unpaired) electrons. The Balaban J connectivity index is 1.78. The molecule has 2 saturated heterocycles. The SMILES string of the molecule is CC1OC1Oc1c2ccccc2c(OC2OC2C)c2cc(Cl)ccc12. The summed E-state index contributed by atoms with van der Waals surface area (Å²) in [5.41, 5.74) is 0.